The molecule has 2 aromatic rings. The fourth-order valence-electron chi connectivity index (χ4n) is 2.35. The monoisotopic (exact) mass is 245 g/mol. The Morgan fingerprint density at radius 3 is 3.06 bits per heavy atom. The van der Waals surface area contributed by atoms with Crippen LogP contribution in [0.5, 0.6) is 0 Å². The van der Waals surface area contributed by atoms with Crippen LogP contribution in [0.25, 0.3) is 11.0 Å². The summed E-state index contributed by atoms with van der Waals surface area (Å²) in [5, 5.41) is 13.1. The van der Waals surface area contributed by atoms with Gasteiger partial charge in [-0.2, -0.15) is 0 Å². The average Bonchev–Trinajstić information content (AvgIpc) is 3.15. The summed E-state index contributed by atoms with van der Waals surface area (Å²) in [6.07, 6.45) is 4.76. The van der Waals surface area contributed by atoms with Crippen LogP contribution >= 0.6 is 0 Å². The summed E-state index contributed by atoms with van der Waals surface area (Å²) in [5.74, 6) is 0. The maximum absolute atomic E-state index is 10.1. The molecule has 0 saturated heterocycles. The smallest absolute Gasteiger partial charge is 0.0960 e. The predicted molar refractivity (Wildman–Crippen MR) is 71.5 cm³/mol. The van der Waals surface area contributed by atoms with Crippen LogP contribution in [0.2, 0.25) is 0 Å². The number of nitrogens with one attached hydrogen (secondary N) is 1. The van der Waals surface area contributed by atoms with Gasteiger partial charge in [-0.1, -0.05) is 6.07 Å². The zero-order valence-electron chi connectivity index (χ0n) is 10.6. The molecule has 18 heavy (non-hydrogen) atoms. The maximum atomic E-state index is 10.1. The minimum atomic E-state index is -0.409. The molecule has 1 unspecified atom stereocenters. The molecule has 1 saturated carbocycles. The van der Waals surface area contributed by atoms with Crippen molar-refractivity contribution in [1.29, 1.82) is 0 Å². The molecule has 1 aromatic carbocycles. The number of aliphatic hydroxyl groups is 1. The lowest BCUT2D eigenvalue weighted by atomic mass is 10.1. The topological polar surface area (TPSA) is 50.1 Å². The van der Waals surface area contributed by atoms with E-state index in [9.17, 15) is 5.11 Å². The van der Waals surface area contributed by atoms with Gasteiger partial charge in [0.2, 0.25) is 0 Å². The van der Waals surface area contributed by atoms with Crippen molar-refractivity contribution in [2.45, 2.75) is 31.4 Å². The Hall–Kier alpha value is -1.39. The standard InChI is InChI=1S/C14H19N3O/c1-15-7-6-14(18)10-2-5-13-12(8-10)16-9-17(13)11-3-4-11/h2,5,8-9,11,14-15,18H,3-4,6-7H2,1H3. The molecule has 1 aliphatic carbocycles. The second-order valence-corrected chi connectivity index (χ2v) is 5.04. The zero-order chi connectivity index (χ0) is 12.5. The predicted octanol–water partition coefficient (Wildman–Crippen LogP) is 2.01. The van der Waals surface area contributed by atoms with Gasteiger partial charge in [0.25, 0.3) is 0 Å². The van der Waals surface area contributed by atoms with Crippen LogP contribution in [0.3, 0.4) is 0 Å². The highest BCUT2D eigenvalue weighted by atomic mass is 16.3. The number of imidazole rings is 1. The molecule has 0 bridgehead atoms. The van der Waals surface area contributed by atoms with Crippen molar-refractivity contribution < 1.29 is 5.11 Å². The quantitative estimate of drug-likeness (QED) is 0.847. The van der Waals surface area contributed by atoms with Crippen LogP contribution in [0.1, 0.15) is 37.0 Å². The number of nitrogens with zero attached hydrogens (tertiary/aromatic N) is 2. The number of hydrogen-bond acceptors (Lipinski definition) is 3. The van der Waals surface area contributed by atoms with E-state index in [1.165, 1.54) is 18.4 Å². The van der Waals surface area contributed by atoms with E-state index in [4.69, 9.17) is 0 Å². The lowest BCUT2D eigenvalue weighted by Crippen LogP contribution is -2.11. The summed E-state index contributed by atoms with van der Waals surface area (Å²) in [5.41, 5.74) is 3.13. The van der Waals surface area contributed by atoms with Crippen molar-refractivity contribution in [2.24, 2.45) is 0 Å². The fourth-order valence-corrected chi connectivity index (χ4v) is 2.35. The van der Waals surface area contributed by atoms with E-state index in [2.05, 4.69) is 20.9 Å². The molecule has 1 aliphatic rings. The van der Waals surface area contributed by atoms with Gasteiger partial charge in [-0.3, -0.25) is 0 Å². The lowest BCUT2D eigenvalue weighted by molar-refractivity contribution is 0.168. The fraction of sp³-hybridized carbons (Fsp3) is 0.500. The first-order chi connectivity index (χ1) is 8.79. The van der Waals surface area contributed by atoms with Crippen molar-refractivity contribution in [3.05, 3.63) is 30.1 Å². The Labute approximate surface area is 107 Å². The van der Waals surface area contributed by atoms with Crippen LogP contribution in [0, 0.1) is 0 Å². The summed E-state index contributed by atoms with van der Waals surface area (Å²) >= 11 is 0. The molecule has 0 spiro atoms. The molecular formula is C14H19N3O. The average molecular weight is 245 g/mol. The number of aliphatic hydroxyl groups excluding tert-OH is 1. The number of rotatable bonds is 5. The molecule has 1 aromatic heterocycles. The van der Waals surface area contributed by atoms with E-state index in [0.29, 0.717) is 6.04 Å². The molecule has 4 nitrogen and oxygen atoms in total. The molecule has 1 heterocycles. The molecular weight excluding hydrogens is 226 g/mol. The minimum Gasteiger partial charge on any atom is -0.388 e. The van der Waals surface area contributed by atoms with Gasteiger partial charge in [-0.15, -0.1) is 0 Å². The van der Waals surface area contributed by atoms with Crippen LogP contribution in [0.4, 0.5) is 0 Å². The van der Waals surface area contributed by atoms with E-state index in [0.717, 1.165) is 24.0 Å². The molecule has 2 N–H and O–H groups in total. The van der Waals surface area contributed by atoms with Crippen LogP contribution in [0.15, 0.2) is 24.5 Å². The van der Waals surface area contributed by atoms with Gasteiger partial charge in [0.15, 0.2) is 0 Å². The third-order valence-electron chi connectivity index (χ3n) is 3.59. The first kappa shape index (κ1) is 11.7. The minimum absolute atomic E-state index is 0.409. The van der Waals surface area contributed by atoms with E-state index in [-0.39, 0.29) is 0 Å². The third-order valence-corrected chi connectivity index (χ3v) is 3.59. The van der Waals surface area contributed by atoms with Gasteiger partial charge in [0, 0.05) is 6.04 Å². The van der Waals surface area contributed by atoms with Crippen molar-refractivity contribution in [3.63, 3.8) is 0 Å². The number of fused-ring (bicyclic) bond motifs is 1. The summed E-state index contributed by atoms with van der Waals surface area (Å²) in [6.45, 7) is 0.815. The summed E-state index contributed by atoms with van der Waals surface area (Å²) in [7, 11) is 1.90. The highest BCUT2D eigenvalue weighted by Gasteiger charge is 2.24. The molecule has 1 fully saturated rings. The summed E-state index contributed by atoms with van der Waals surface area (Å²) in [4.78, 5) is 4.44. The Morgan fingerprint density at radius 2 is 2.33 bits per heavy atom. The van der Waals surface area contributed by atoms with Gasteiger partial charge < -0.3 is 15.0 Å². The van der Waals surface area contributed by atoms with E-state index >= 15 is 0 Å². The zero-order valence-corrected chi connectivity index (χ0v) is 10.6. The van der Waals surface area contributed by atoms with Crippen molar-refractivity contribution in [2.75, 3.05) is 13.6 Å². The normalized spacial score (nSPS) is 17.2. The van der Waals surface area contributed by atoms with Gasteiger partial charge in [-0.25, -0.2) is 4.98 Å². The first-order valence-corrected chi connectivity index (χ1v) is 6.59. The Balaban J connectivity index is 1.87. The van der Waals surface area contributed by atoms with Crippen molar-refractivity contribution >= 4 is 11.0 Å². The Kier molecular flexibility index (Phi) is 3.06. The van der Waals surface area contributed by atoms with Crippen molar-refractivity contribution in [3.8, 4) is 0 Å². The number of aromatic nitrogens is 2. The third kappa shape index (κ3) is 2.13. The second kappa shape index (κ2) is 4.71. The molecule has 0 aliphatic heterocycles. The molecule has 0 radical (unpaired) electrons. The van der Waals surface area contributed by atoms with Gasteiger partial charge in [-0.05, 0) is 50.6 Å². The van der Waals surface area contributed by atoms with Crippen LogP contribution in [-0.2, 0) is 0 Å². The molecule has 1 atom stereocenters. The molecule has 96 valence electrons. The highest BCUT2D eigenvalue weighted by molar-refractivity contribution is 5.76. The van der Waals surface area contributed by atoms with E-state index in [1.54, 1.807) is 0 Å². The summed E-state index contributed by atoms with van der Waals surface area (Å²) < 4.78 is 2.25. The van der Waals surface area contributed by atoms with Gasteiger partial charge in [0.1, 0.15) is 0 Å². The first-order valence-electron chi connectivity index (χ1n) is 6.59. The number of hydrogen-bond donors (Lipinski definition) is 2. The largest absolute Gasteiger partial charge is 0.388 e. The van der Waals surface area contributed by atoms with Crippen LogP contribution in [-0.4, -0.2) is 28.3 Å². The maximum Gasteiger partial charge on any atom is 0.0960 e. The van der Waals surface area contributed by atoms with E-state index < -0.39 is 6.10 Å². The van der Waals surface area contributed by atoms with Gasteiger partial charge in [0.05, 0.1) is 23.5 Å². The highest BCUT2D eigenvalue weighted by Crippen LogP contribution is 2.37. The van der Waals surface area contributed by atoms with Crippen LogP contribution < -0.4 is 5.32 Å². The van der Waals surface area contributed by atoms with Crippen molar-refractivity contribution in [1.82, 2.24) is 14.9 Å². The lowest BCUT2D eigenvalue weighted by Gasteiger charge is -2.10. The van der Waals surface area contributed by atoms with Gasteiger partial charge >= 0.3 is 0 Å². The molecule has 4 heteroatoms. The SMILES string of the molecule is CNCCC(O)c1ccc2c(c1)ncn2C1CC1. The van der Waals surface area contributed by atoms with E-state index in [1.807, 2.05) is 25.5 Å². The molecule has 0 amide bonds. The number of benzene rings is 1. The Morgan fingerprint density at radius 1 is 1.50 bits per heavy atom. The molecule has 3 rings (SSSR count). The summed E-state index contributed by atoms with van der Waals surface area (Å²) in [6, 6.07) is 6.76. The second-order valence-electron chi connectivity index (χ2n) is 5.04. The Bertz CT molecular complexity index is 545.